The molecule has 1 aromatic rings. The quantitative estimate of drug-likeness (QED) is 0.550. The average Bonchev–Trinajstić information content (AvgIpc) is 2.38. The Labute approximate surface area is 102 Å². The van der Waals surface area contributed by atoms with Gasteiger partial charge in [-0.25, -0.2) is 0 Å². The Balaban J connectivity index is 2.46. The van der Waals surface area contributed by atoms with Gasteiger partial charge in [-0.3, -0.25) is 4.84 Å². The van der Waals surface area contributed by atoms with Crippen LogP contribution in [0.4, 0.5) is 0 Å². The third-order valence-corrected chi connectivity index (χ3v) is 2.18. The van der Waals surface area contributed by atoms with Gasteiger partial charge in [0.1, 0.15) is 11.5 Å². The highest BCUT2D eigenvalue weighted by atomic mass is 16.7. The summed E-state index contributed by atoms with van der Waals surface area (Å²) in [4.78, 5) is 5.17. The van der Waals surface area contributed by atoms with E-state index in [1.165, 1.54) is 0 Å². The van der Waals surface area contributed by atoms with Gasteiger partial charge >= 0.3 is 0 Å². The van der Waals surface area contributed by atoms with Crippen molar-refractivity contribution in [1.29, 1.82) is 0 Å². The van der Waals surface area contributed by atoms with Crippen LogP contribution < -0.4 is 15.0 Å². The number of hydrogen-bond acceptors (Lipinski definition) is 5. The second-order valence-corrected chi connectivity index (χ2v) is 3.38. The van der Waals surface area contributed by atoms with Crippen LogP contribution in [-0.2, 0) is 16.1 Å². The summed E-state index contributed by atoms with van der Waals surface area (Å²) in [6, 6.07) is 5.68. The van der Waals surface area contributed by atoms with Crippen LogP contribution in [-0.4, -0.2) is 34.5 Å². The molecule has 0 unspecified atom stereocenters. The normalized spacial score (nSPS) is 10.3. The van der Waals surface area contributed by atoms with E-state index in [0.717, 1.165) is 17.1 Å². The van der Waals surface area contributed by atoms with Crippen LogP contribution in [0.3, 0.4) is 0 Å². The van der Waals surface area contributed by atoms with Crippen molar-refractivity contribution in [2.24, 2.45) is 0 Å². The SMILES string of the molecule is COCCONCc1cc(OC)cc(OC)c1. The maximum Gasteiger partial charge on any atom is 0.122 e. The van der Waals surface area contributed by atoms with Gasteiger partial charge in [-0.05, 0) is 17.7 Å². The van der Waals surface area contributed by atoms with Crippen LogP contribution in [0.15, 0.2) is 18.2 Å². The zero-order valence-electron chi connectivity index (χ0n) is 10.5. The molecule has 96 valence electrons. The van der Waals surface area contributed by atoms with Crippen LogP contribution in [0.5, 0.6) is 11.5 Å². The van der Waals surface area contributed by atoms with Crippen molar-refractivity contribution in [3.8, 4) is 11.5 Å². The Hall–Kier alpha value is -1.30. The average molecular weight is 241 g/mol. The van der Waals surface area contributed by atoms with Gasteiger partial charge in [0.15, 0.2) is 0 Å². The third kappa shape index (κ3) is 5.04. The Bertz CT molecular complexity index is 308. The number of benzene rings is 1. The maximum atomic E-state index is 5.17. The maximum absolute atomic E-state index is 5.17. The molecule has 0 aliphatic rings. The molecular weight excluding hydrogens is 222 g/mol. The van der Waals surface area contributed by atoms with E-state index in [1.807, 2.05) is 18.2 Å². The molecule has 0 aliphatic carbocycles. The van der Waals surface area contributed by atoms with E-state index in [-0.39, 0.29) is 0 Å². The van der Waals surface area contributed by atoms with Crippen molar-refractivity contribution >= 4 is 0 Å². The first-order valence-corrected chi connectivity index (χ1v) is 5.35. The van der Waals surface area contributed by atoms with Gasteiger partial charge in [-0.15, -0.1) is 0 Å². The summed E-state index contributed by atoms with van der Waals surface area (Å²) in [6.07, 6.45) is 0. The zero-order chi connectivity index (χ0) is 12.5. The Kier molecular flexibility index (Phi) is 6.39. The smallest absolute Gasteiger partial charge is 0.122 e. The lowest BCUT2D eigenvalue weighted by Gasteiger charge is -2.09. The molecule has 0 heterocycles. The lowest BCUT2D eigenvalue weighted by Crippen LogP contribution is -2.17. The zero-order valence-corrected chi connectivity index (χ0v) is 10.5. The van der Waals surface area contributed by atoms with E-state index in [0.29, 0.717) is 19.8 Å². The molecule has 0 amide bonds. The predicted molar refractivity (Wildman–Crippen MR) is 64.2 cm³/mol. The molecule has 0 spiro atoms. The van der Waals surface area contributed by atoms with Crippen molar-refractivity contribution < 1.29 is 19.0 Å². The fraction of sp³-hybridized carbons (Fsp3) is 0.500. The van der Waals surface area contributed by atoms with E-state index in [4.69, 9.17) is 19.0 Å². The highest BCUT2D eigenvalue weighted by Gasteiger charge is 2.01. The second-order valence-electron chi connectivity index (χ2n) is 3.38. The van der Waals surface area contributed by atoms with Gasteiger partial charge in [0, 0.05) is 19.7 Å². The summed E-state index contributed by atoms with van der Waals surface area (Å²) >= 11 is 0. The van der Waals surface area contributed by atoms with Crippen molar-refractivity contribution in [1.82, 2.24) is 5.48 Å². The van der Waals surface area contributed by atoms with Crippen LogP contribution in [0.2, 0.25) is 0 Å². The molecule has 0 bridgehead atoms. The van der Waals surface area contributed by atoms with Crippen LogP contribution >= 0.6 is 0 Å². The first-order valence-electron chi connectivity index (χ1n) is 5.35. The molecule has 5 nitrogen and oxygen atoms in total. The second kappa shape index (κ2) is 7.89. The molecule has 0 saturated heterocycles. The largest absolute Gasteiger partial charge is 0.497 e. The van der Waals surface area contributed by atoms with Crippen molar-refractivity contribution in [3.05, 3.63) is 23.8 Å². The summed E-state index contributed by atoms with van der Waals surface area (Å²) in [7, 11) is 4.89. The van der Waals surface area contributed by atoms with Gasteiger partial charge in [-0.2, -0.15) is 5.48 Å². The minimum Gasteiger partial charge on any atom is -0.497 e. The van der Waals surface area contributed by atoms with Crippen LogP contribution in [0, 0.1) is 0 Å². The first-order chi connectivity index (χ1) is 8.30. The Morgan fingerprint density at radius 3 is 2.12 bits per heavy atom. The molecule has 1 N–H and O–H groups in total. The highest BCUT2D eigenvalue weighted by Crippen LogP contribution is 2.22. The summed E-state index contributed by atoms with van der Waals surface area (Å²) in [6.45, 7) is 1.66. The topological polar surface area (TPSA) is 49.0 Å². The molecule has 0 saturated carbocycles. The third-order valence-electron chi connectivity index (χ3n) is 2.18. The van der Waals surface area contributed by atoms with E-state index in [1.54, 1.807) is 21.3 Å². The van der Waals surface area contributed by atoms with E-state index < -0.39 is 0 Å². The van der Waals surface area contributed by atoms with Gasteiger partial charge < -0.3 is 14.2 Å². The Morgan fingerprint density at radius 2 is 1.59 bits per heavy atom. The molecule has 1 aromatic carbocycles. The molecule has 5 heteroatoms. The minimum atomic E-state index is 0.512. The fourth-order valence-corrected chi connectivity index (χ4v) is 1.30. The van der Waals surface area contributed by atoms with E-state index in [2.05, 4.69) is 5.48 Å². The number of methoxy groups -OCH3 is 3. The number of hydroxylamine groups is 1. The van der Waals surface area contributed by atoms with E-state index >= 15 is 0 Å². The number of ether oxygens (including phenoxy) is 3. The lowest BCUT2D eigenvalue weighted by atomic mass is 10.2. The standard InChI is InChI=1S/C12H19NO4/c1-14-4-5-17-13-9-10-6-11(15-2)8-12(7-10)16-3/h6-8,13H,4-5,9H2,1-3H3. The van der Waals surface area contributed by atoms with Crippen molar-refractivity contribution in [2.45, 2.75) is 6.54 Å². The van der Waals surface area contributed by atoms with Gasteiger partial charge in [-0.1, -0.05) is 0 Å². The van der Waals surface area contributed by atoms with Crippen LogP contribution in [0.25, 0.3) is 0 Å². The van der Waals surface area contributed by atoms with E-state index in [9.17, 15) is 0 Å². The number of hydrogen-bond donors (Lipinski definition) is 1. The van der Waals surface area contributed by atoms with Gasteiger partial charge in [0.05, 0.1) is 27.4 Å². The summed E-state index contributed by atoms with van der Waals surface area (Å²) < 4.78 is 15.2. The monoisotopic (exact) mass is 241 g/mol. The molecule has 17 heavy (non-hydrogen) atoms. The molecule has 0 aliphatic heterocycles. The summed E-state index contributed by atoms with van der Waals surface area (Å²) in [5, 5.41) is 0. The molecular formula is C12H19NO4. The van der Waals surface area contributed by atoms with Crippen LogP contribution in [0.1, 0.15) is 5.56 Å². The molecule has 0 aromatic heterocycles. The molecule has 0 atom stereocenters. The fourth-order valence-electron chi connectivity index (χ4n) is 1.30. The Morgan fingerprint density at radius 1 is 0.941 bits per heavy atom. The van der Waals surface area contributed by atoms with Gasteiger partial charge in [0.25, 0.3) is 0 Å². The van der Waals surface area contributed by atoms with Crippen molar-refractivity contribution in [2.75, 3.05) is 34.5 Å². The van der Waals surface area contributed by atoms with Crippen molar-refractivity contribution in [3.63, 3.8) is 0 Å². The number of nitrogens with one attached hydrogen (secondary N) is 1. The lowest BCUT2D eigenvalue weighted by molar-refractivity contribution is 0.00343. The minimum absolute atomic E-state index is 0.512. The molecule has 0 radical (unpaired) electrons. The summed E-state index contributed by atoms with van der Waals surface area (Å²) in [5.74, 6) is 1.52. The molecule has 0 fully saturated rings. The molecule has 1 rings (SSSR count). The highest BCUT2D eigenvalue weighted by molar-refractivity contribution is 5.38. The number of rotatable bonds is 8. The first kappa shape index (κ1) is 13.8. The predicted octanol–water partition coefficient (Wildman–Crippen LogP) is 1.37. The van der Waals surface area contributed by atoms with Gasteiger partial charge in [0.2, 0.25) is 0 Å². The summed E-state index contributed by atoms with van der Waals surface area (Å²) in [5.41, 5.74) is 3.87.